The van der Waals surface area contributed by atoms with Crippen molar-refractivity contribution in [3.63, 3.8) is 0 Å². The number of carbonyl (C=O) groups excluding carboxylic acids is 3. The molecule has 0 aliphatic carbocycles. The summed E-state index contributed by atoms with van der Waals surface area (Å²) in [6, 6.07) is 0. The third-order valence-corrected chi connectivity index (χ3v) is 13.5. The minimum atomic E-state index is -0.763. The van der Waals surface area contributed by atoms with E-state index in [9.17, 15) is 14.4 Å². The molecule has 0 aliphatic heterocycles. The SMILES string of the molecule is CCCCCCCCCCCCCCCCCCCCCC(=O)OC[C@@H](COC(=O)CCCCCCCCCC(C)C)OC(=O)CCCCCCCCCCCCCCCCCC(C)C. The van der Waals surface area contributed by atoms with Crippen molar-refractivity contribution < 1.29 is 28.6 Å². The zero-order valence-corrected chi connectivity index (χ0v) is 44.6. The summed E-state index contributed by atoms with van der Waals surface area (Å²) in [4.78, 5) is 38.1. The number of carbonyl (C=O) groups is 3. The smallest absolute Gasteiger partial charge is 0.306 e. The summed E-state index contributed by atoms with van der Waals surface area (Å²) in [6.07, 6.45) is 55.4. The molecule has 0 aromatic rings. The Morgan fingerprint density at radius 2 is 0.508 bits per heavy atom. The Morgan fingerprint density at radius 3 is 0.754 bits per heavy atom. The molecule has 0 N–H and O–H groups in total. The third-order valence-electron chi connectivity index (χ3n) is 13.5. The van der Waals surface area contributed by atoms with Crippen LogP contribution >= 0.6 is 0 Å². The van der Waals surface area contributed by atoms with E-state index < -0.39 is 6.10 Å². The molecule has 0 aliphatic rings. The molecule has 0 saturated heterocycles. The second-order valence-electron chi connectivity index (χ2n) is 21.2. The van der Waals surface area contributed by atoms with Crippen LogP contribution in [-0.4, -0.2) is 37.2 Å². The number of esters is 3. The molecule has 6 heteroatoms. The standard InChI is InChI=1S/C59H114O6/c1-6-7-8-9-10-11-12-13-14-15-16-17-20-23-26-29-34-39-44-49-57(60)63-52-56(53-64-58(61)50-45-40-36-31-33-38-43-48-55(4)5)65-59(62)51-46-41-35-30-27-24-21-18-19-22-25-28-32-37-42-47-54(2)3/h54-56H,6-53H2,1-5H3/t56-/m0/s1. The molecule has 0 heterocycles. The fraction of sp³-hybridized carbons (Fsp3) is 0.949. The van der Waals surface area contributed by atoms with Gasteiger partial charge in [-0.3, -0.25) is 14.4 Å². The molecule has 6 nitrogen and oxygen atoms in total. The monoisotopic (exact) mass is 919 g/mol. The van der Waals surface area contributed by atoms with Crippen LogP contribution in [-0.2, 0) is 28.6 Å². The first-order valence-corrected chi connectivity index (χ1v) is 29.2. The van der Waals surface area contributed by atoms with Gasteiger partial charge >= 0.3 is 17.9 Å². The highest BCUT2D eigenvalue weighted by molar-refractivity contribution is 5.71. The van der Waals surface area contributed by atoms with Crippen molar-refractivity contribution in [1.29, 1.82) is 0 Å². The Morgan fingerprint density at radius 1 is 0.292 bits per heavy atom. The topological polar surface area (TPSA) is 78.9 Å². The number of hydrogen-bond donors (Lipinski definition) is 0. The van der Waals surface area contributed by atoms with Gasteiger partial charge in [-0.15, -0.1) is 0 Å². The van der Waals surface area contributed by atoms with E-state index in [2.05, 4.69) is 34.6 Å². The Balaban J connectivity index is 4.23. The molecule has 0 saturated carbocycles. The summed E-state index contributed by atoms with van der Waals surface area (Å²) in [7, 11) is 0. The van der Waals surface area contributed by atoms with Crippen LogP contribution in [0.25, 0.3) is 0 Å². The Hall–Kier alpha value is -1.59. The number of rotatable bonds is 53. The number of unbranched alkanes of at least 4 members (excludes halogenated alkanes) is 38. The molecule has 0 bridgehead atoms. The van der Waals surface area contributed by atoms with Crippen molar-refractivity contribution in [3.8, 4) is 0 Å². The van der Waals surface area contributed by atoms with E-state index in [1.54, 1.807) is 0 Å². The van der Waals surface area contributed by atoms with Gasteiger partial charge in [-0.1, -0.05) is 291 Å². The molecule has 1 atom stereocenters. The van der Waals surface area contributed by atoms with E-state index >= 15 is 0 Å². The van der Waals surface area contributed by atoms with Crippen LogP contribution in [0.4, 0.5) is 0 Å². The van der Waals surface area contributed by atoms with Crippen LogP contribution in [0.15, 0.2) is 0 Å². The highest BCUT2D eigenvalue weighted by atomic mass is 16.6. The van der Waals surface area contributed by atoms with Crippen LogP contribution in [0.5, 0.6) is 0 Å². The minimum absolute atomic E-state index is 0.0633. The lowest BCUT2D eigenvalue weighted by molar-refractivity contribution is -0.167. The third kappa shape index (κ3) is 53.2. The first kappa shape index (κ1) is 63.4. The van der Waals surface area contributed by atoms with Gasteiger partial charge in [0.2, 0.25) is 0 Å². The lowest BCUT2D eigenvalue weighted by Gasteiger charge is -2.18. The molecule has 0 amide bonds. The summed E-state index contributed by atoms with van der Waals surface area (Å²) in [5.74, 6) is 0.786. The first-order valence-electron chi connectivity index (χ1n) is 29.2. The maximum absolute atomic E-state index is 12.8. The molecule has 0 aromatic heterocycles. The van der Waals surface area contributed by atoms with E-state index in [1.165, 1.54) is 218 Å². The van der Waals surface area contributed by atoms with Crippen LogP contribution in [0.3, 0.4) is 0 Å². The van der Waals surface area contributed by atoms with Gasteiger partial charge in [0, 0.05) is 19.3 Å². The summed E-state index contributed by atoms with van der Waals surface area (Å²) in [5, 5.41) is 0. The Labute approximate surface area is 406 Å². The molecule has 0 aromatic carbocycles. The van der Waals surface area contributed by atoms with Crippen molar-refractivity contribution >= 4 is 17.9 Å². The quantitative estimate of drug-likeness (QED) is 0.0344. The van der Waals surface area contributed by atoms with Gasteiger partial charge in [0.25, 0.3) is 0 Å². The summed E-state index contributed by atoms with van der Waals surface area (Å²) < 4.78 is 16.9. The average Bonchev–Trinajstić information content (AvgIpc) is 3.28. The largest absolute Gasteiger partial charge is 0.462 e. The van der Waals surface area contributed by atoms with Gasteiger partial charge in [0.15, 0.2) is 6.10 Å². The van der Waals surface area contributed by atoms with Crippen molar-refractivity contribution in [2.75, 3.05) is 13.2 Å². The average molecular weight is 920 g/mol. The summed E-state index contributed by atoms with van der Waals surface area (Å²) in [5.41, 5.74) is 0. The van der Waals surface area contributed by atoms with Gasteiger partial charge < -0.3 is 14.2 Å². The molecule has 0 unspecified atom stereocenters. The molecular formula is C59H114O6. The summed E-state index contributed by atoms with van der Waals surface area (Å²) >= 11 is 0. The molecule has 0 fully saturated rings. The van der Waals surface area contributed by atoms with Crippen LogP contribution in [0.1, 0.15) is 330 Å². The highest BCUT2D eigenvalue weighted by Gasteiger charge is 2.19. The Bertz CT molecular complexity index is 993. The van der Waals surface area contributed by atoms with E-state index in [4.69, 9.17) is 14.2 Å². The van der Waals surface area contributed by atoms with Gasteiger partial charge in [0.1, 0.15) is 13.2 Å². The molecule has 65 heavy (non-hydrogen) atoms. The fourth-order valence-electron chi connectivity index (χ4n) is 9.05. The molecular weight excluding hydrogens is 805 g/mol. The second-order valence-corrected chi connectivity index (χ2v) is 21.2. The zero-order valence-electron chi connectivity index (χ0n) is 44.6. The van der Waals surface area contributed by atoms with Gasteiger partial charge in [-0.25, -0.2) is 0 Å². The van der Waals surface area contributed by atoms with Crippen molar-refractivity contribution in [2.24, 2.45) is 11.8 Å². The number of ether oxygens (including phenoxy) is 3. The maximum atomic E-state index is 12.8. The first-order chi connectivity index (χ1) is 31.7. The van der Waals surface area contributed by atoms with Gasteiger partial charge in [-0.05, 0) is 31.1 Å². The fourth-order valence-corrected chi connectivity index (χ4v) is 9.05. The van der Waals surface area contributed by atoms with Crippen LogP contribution in [0, 0.1) is 11.8 Å². The lowest BCUT2D eigenvalue weighted by Crippen LogP contribution is -2.30. The van der Waals surface area contributed by atoms with E-state index in [0.29, 0.717) is 19.3 Å². The minimum Gasteiger partial charge on any atom is -0.462 e. The molecule has 0 spiro atoms. The van der Waals surface area contributed by atoms with E-state index in [-0.39, 0.29) is 31.1 Å². The molecule has 0 rings (SSSR count). The van der Waals surface area contributed by atoms with Crippen LogP contribution < -0.4 is 0 Å². The highest BCUT2D eigenvalue weighted by Crippen LogP contribution is 2.18. The van der Waals surface area contributed by atoms with Crippen molar-refractivity contribution in [2.45, 2.75) is 336 Å². The van der Waals surface area contributed by atoms with E-state index in [0.717, 1.165) is 69.6 Å². The molecule has 0 radical (unpaired) electrons. The van der Waals surface area contributed by atoms with Crippen LogP contribution in [0.2, 0.25) is 0 Å². The molecule has 386 valence electrons. The maximum Gasteiger partial charge on any atom is 0.306 e. The van der Waals surface area contributed by atoms with Gasteiger partial charge in [-0.2, -0.15) is 0 Å². The lowest BCUT2D eigenvalue weighted by atomic mass is 10.0. The summed E-state index contributed by atoms with van der Waals surface area (Å²) in [6.45, 7) is 11.4. The zero-order chi connectivity index (χ0) is 47.5. The Kier molecular flexibility index (Phi) is 50.5. The van der Waals surface area contributed by atoms with Crippen molar-refractivity contribution in [3.05, 3.63) is 0 Å². The number of hydrogen-bond acceptors (Lipinski definition) is 6. The predicted molar refractivity (Wildman–Crippen MR) is 280 cm³/mol. The normalized spacial score (nSPS) is 12.0. The second kappa shape index (κ2) is 51.8. The van der Waals surface area contributed by atoms with Crippen molar-refractivity contribution in [1.82, 2.24) is 0 Å². The van der Waals surface area contributed by atoms with Gasteiger partial charge in [0.05, 0.1) is 0 Å². The predicted octanol–water partition coefficient (Wildman–Crippen LogP) is 19.3. The van der Waals surface area contributed by atoms with E-state index in [1.807, 2.05) is 0 Å².